The third-order valence-electron chi connectivity index (χ3n) is 2.21. The van der Waals surface area contributed by atoms with Gasteiger partial charge in [0, 0.05) is 25.8 Å². The average Bonchev–Trinajstić information content (AvgIpc) is 2.97. The van der Waals surface area contributed by atoms with Crippen LogP contribution < -0.4 is 11.1 Å². The van der Waals surface area contributed by atoms with Gasteiger partial charge >= 0.3 is 0 Å². The number of nitrogens with two attached hydrogens (primary N) is 1. The molecule has 2 aromatic heterocycles. The Morgan fingerprint density at radius 2 is 2.44 bits per heavy atom. The monoisotopic (exact) mass is 250 g/mol. The van der Waals surface area contributed by atoms with Gasteiger partial charge in [0.15, 0.2) is 0 Å². The van der Waals surface area contributed by atoms with E-state index in [1.807, 2.05) is 11.5 Å². The van der Waals surface area contributed by atoms with E-state index in [0.717, 1.165) is 0 Å². The first kappa shape index (κ1) is 12.2. The van der Waals surface area contributed by atoms with Gasteiger partial charge in [-0.25, -0.2) is 4.98 Å². The van der Waals surface area contributed by atoms with E-state index in [-0.39, 0.29) is 17.6 Å². The van der Waals surface area contributed by atoms with Crippen LogP contribution in [-0.2, 0) is 6.54 Å². The van der Waals surface area contributed by atoms with Crippen LogP contribution in [0.15, 0.2) is 17.0 Å². The molecule has 0 aromatic carbocycles. The zero-order valence-electron chi connectivity index (χ0n) is 9.96. The summed E-state index contributed by atoms with van der Waals surface area (Å²) >= 11 is 0. The predicted octanol–water partition coefficient (Wildman–Crippen LogP) is -0.358. The second-order valence-corrected chi connectivity index (χ2v) is 3.57. The Balaban J connectivity index is 2.15. The van der Waals surface area contributed by atoms with Crippen molar-refractivity contribution in [2.75, 3.05) is 13.1 Å². The molecule has 2 heterocycles. The Bertz CT molecular complexity index is 532. The van der Waals surface area contributed by atoms with Crippen LogP contribution >= 0.6 is 0 Å². The van der Waals surface area contributed by atoms with Crippen molar-refractivity contribution >= 4 is 5.91 Å². The van der Waals surface area contributed by atoms with E-state index in [0.29, 0.717) is 25.3 Å². The van der Waals surface area contributed by atoms with Gasteiger partial charge in [-0.15, -0.1) is 0 Å². The van der Waals surface area contributed by atoms with Gasteiger partial charge in [0.2, 0.25) is 0 Å². The Morgan fingerprint density at radius 1 is 1.61 bits per heavy atom. The molecule has 2 rings (SSSR count). The molecule has 0 radical (unpaired) electrons. The van der Waals surface area contributed by atoms with Crippen molar-refractivity contribution in [2.24, 2.45) is 5.73 Å². The highest BCUT2D eigenvalue weighted by atomic mass is 16.5. The molecule has 96 valence electrons. The maximum atomic E-state index is 11.5. The lowest BCUT2D eigenvalue weighted by atomic mass is 10.4. The summed E-state index contributed by atoms with van der Waals surface area (Å²) in [5.41, 5.74) is 5.95. The lowest BCUT2D eigenvalue weighted by molar-refractivity contribution is 0.0942. The standard InChI is InChI=1S/C10H14N6O2/c1-2-12-9(17)8-14-10(18-15-8)7-5-16(4-3-11)6-13-7/h5-6H,2-4,11H2,1H3,(H,12,17). The molecule has 0 aliphatic carbocycles. The minimum absolute atomic E-state index is 0.000208. The van der Waals surface area contributed by atoms with E-state index in [1.54, 1.807) is 12.5 Å². The maximum Gasteiger partial charge on any atom is 0.292 e. The van der Waals surface area contributed by atoms with E-state index < -0.39 is 0 Å². The molecule has 2 aromatic rings. The molecule has 0 unspecified atom stereocenters. The van der Waals surface area contributed by atoms with E-state index in [4.69, 9.17) is 10.3 Å². The van der Waals surface area contributed by atoms with Gasteiger partial charge in [0.05, 0.1) is 6.33 Å². The molecule has 0 saturated heterocycles. The van der Waals surface area contributed by atoms with Gasteiger partial charge in [-0.2, -0.15) is 4.98 Å². The third kappa shape index (κ3) is 2.54. The molecule has 0 spiro atoms. The highest BCUT2D eigenvalue weighted by molar-refractivity contribution is 5.90. The Morgan fingerprint density at radius 3 is 3.17 bits per heavy atom. The molecule has 8 nitrogen and oxygen atoms in total. The van der Waals surface area contributed by atoms with Gasteiger partial charge < -0.3 is 20.1 Å². The van der Waals surface area contributed by atoms with Gasteiger partial charge in [-0.3, -0.25) is 4.79 Å². The van der Waals surface area contributed by atoms with Crippen molar-refractivity contribution in [3.8, 4) is 11.6 Å². The molecule has 3 N–H and O–H groups in total. The third-order valence-corrected chi connectivity index (χ3v) is 2.21. The van der Waals surface area contributed by atoms with Crippen LogP contribution in [0.4, 0.5) is 0 Å². The second kappa shape index (κ2) is 5.41. The normalized spacial score (nSPS) is 10.6. The Hall–Kier alpha value is -2.22. The fourth-order valence-corrected chi connectivity index (χ4v) is 1.40. The highest BCUT2D eigenvalue weighted by Gasteiger charge is 2.16. The van der Waals surface area contributed by atoms with Gasteiger partial charge in [0.1, 0.15) is 5.69 Å². The minimum atomic E-state index is -0.367. The van der Waals surface area contributed by atoms with Crippen molar-refractivity contribution in [2.45, 2.75) is 13.5 Å². The molecule has 0 saturated carbocycles. The molecule has 0 aliphatic rings. The van der Waals surface area contributed by atoms with Crippen LogP contribution in [0.5, 0.6) is 0 Å². The summed E-state index contributed by atoms with van der Waals surface area (Å²) in [5.74, 6) is -0.152. The molecule has 1 amide bonds. The summed E-state index contributed by atoms with van der Waals surface area (Å²) in [6.45, 7) is 3.50. The van der Waals surface area contributed by atoms with Crippen molar-refractivity contribution < 1.29 is 9.32 Å². The van der Waals surface area contributed by atoms with Crippen molar-refractivity contribution in [1.29, 1.82) is 0 Å². The van der Waals surface area contributed by atoms with Crippen molar-refractivity contribution in [3.05, 3.63) is 18.3 Å². The van der Waals surface area contributed by atoms with E-state index >= 15 is 0 Å². The lowest BCUT2D eigenvalue weighted by Crippen LogP contribution is -2.23. The van der Waals surface area contributed by atoms with Crippen LogP contribution in [0.2, 0.25) is 0 Å². The Labute approximate surface area is 103 Å². The highest BCUT2D eigenvalue weighted by Crippen LogP contribution is 2.14. The molecule has 0 fully saturated rings. The number of amides is 1. The Kier molecular flexibility index (Phi) is 3.68. The number of hydrogen-bond acceptors (Lipinski definition) is 6. The number of carbonyl (C=O) groups is 1. The summed E-state index contributed by atoms with van der Waals surface area (Å²) < 4.78 is 6.79. The number of nitrogens with zero attached hydrogens (tertiary/aromatic N) is 4. The molecule has 18 heavy (non-hydrogen) atoms. The summed E-state index contributed by atoms with van der Waals surface area (Å²) in [5, 5.41) is 6.18. The topological polar surface area (TPSA) is 112 Å². The summed E-state index contributed by atoms with van der Waals surface area (Å²) in [4.78, 5) is 19.5. The van der Waals surface area contributed by atoms with E-state index in [9.17, 15) is 4.79 Å². The minimum Gasteiger partial charge on any atom is -0.349 e. The van der Waals surface area contributed by atoms with Gasteiger partial charge in [-0.05, 0) is 6.92 Å². The molecule has 0 atom stereocenters. The van der Waals surface area contributed by atoms with Crippen LogP contribution in [0.25, 0.3) is 11.6 Å². The number of imidazole rings is 1. The largest absolute Gasteiger partial charge is 0.349 e. The number of hydrogen-bond donors (Lipinski definition) is 2. The summed E-state index contributed by atoms with van der Waals surface area (Å²) in [6, 6.07) is 0. The average molecular weight is 250 g/mol. The number of nitrogens with one attached hydrogen (secondary N) is 1. The number of rotatable bonds is 5. The first-order valence-corrected chi connectivity index (χ1v) is 5.58. The van der Waals surface area contributed by atoms with Crippen LogP contribution in [0.1, 0.15) is 17.5 Å². The zero-order valence-corrected chi connectivity index (χ0v) is 9.96. The quantitative estimate of drug-likeness (QED) is 0.749. The number of aromatic nitrogens is 4. The second-order valence-electron chi connectivity index (χ2n) is 3.57. The summed E-state index contributed by atoms with van der Waals surface area (Å²) in [7, 11) is 0. The maximum absolute atomic E-state index is 11.5. The summed E-state index contributed by atoms with van der Waals surface area (Å²) in [6.07, 6.45) is 3.36. The molecule has 0 bridgehead atoms. The molecule has 8 heteroatoms. The van der Waals surface area contributed by atoms with Gasteiger partial charge in [-0.1, -0.05) is 5.16 Å². The van der Waals surface area contributed by atoms with E-state index in [1.165, 1.54) is 0 Å². The molecular formula is C10H14N6O2. The fraction of sp³-hybridized carbons (Fsp3) is 0.400. The molecular weight excluding hydrogens is 236 g/mol. The van der Waals surface area contributed by atoms with Crippen LogP contribution in [-0.4, -0.2) is 38.7 Å². The SMILES string of the molecule is CCNC(=O)c1noc(-c2cn(CCN)cn2)n1. The smallest absolute Gasteiger partial charge is 0.292 e. The van der Waals surface area contributed by atoms with Crippen molar-refractivity contribution in [3.63, 3.8) is 0 Å². The van der Waals surface area contributed by atoms with Crippen molar-refractivity contribution in [1.82, 2.24) is 25.0 Å². The first-order chi connectivity index (χ1) is 8.74. The van der Waals surface area contributed by atoms with Crippen LogP contribution in [0, 0.1) is 0 Å². The van der Waals surface area contributed by atoms with Gasteiger partial charge in [0.25, 0.3) is 17.6 Å². The first-order valence-electron chi connectivity index (χ1n) is 5.58. The van der Waals surface area contributed by atoms with Crippen LogP contribution in [0.3, 0.4) is 0 Å². The predicted molar refractivity (Wildman–Crippen MR) is 62.6 cm³/mol. The number of carbonyl (C=O) groups excluding carboxylic acids is 1. The fourth-order valence-electron chi connectivity index (χ4n) is 1.40. The van der Waals surface area contributed by atoms with E-state index in [2.05, 4.69) is 20.4 Å². The molecule has 0 aliphatic heterocycles. The lowest BCUT2D eigenvalue weighted by Gasteiger charge is -1.94. The zero-order chi connectivity index (χ0) is 13.0.